The summed E-state index contributed by atoms with van der Waals surface area (Å²) in [6, 6.07) is 0. The molecule has 0 bridgehead atoms. The van der Waals surface area contributed by atoms with E-state index in [9.17, 15) is 4.79 Å². The van der Waals surface area contributed by atoms with Crippen LogP contribution in [0.4, 0.5) is 5.82 Å². The van der Waals surface area contributed by atoms with Crippen LogP contribution in [0.1, 0.15) is 48.9 Å². The number of anilines is 1. The molecule has 26 heavy (non-hydrogen) atoms. The maximum absolute atomic E-state index is 12.0. The summed E-state index contributed by atoms with van der Waals surface area (Å²) in [5.41, 5.74) is 7.68. The minimum atomic E-state index is -0.0842. The molecule has 3 heterocycles. The fraction of sp³-hybridized carbons (Fsp3) is 0.632. The van der Waals surface area contributed by atoms with Gasteiger partial charge in [-0.05, 0) is 57.6 Å². The number of likely N-dealkylation sites (tertiary alicyclic amines) is 1. The van der Waals surface area contributed by atoms with Gasteiger partial charge in [-0.3, -0.25) is 9.69 Å². The maximum Gasteiger partial charge on any atom is 0.310 e. The molecule has 0 amide bonds. The lowest BCUT2D eigenvalue weighted by molar-refractivity contribution is -0.150. The molecule has 0 spiro atoms. The lowest BCUT2D eigenvalue weighted by Crippen LogP contribution is -2.39. The van der Waals surface area contributed by atoms with Gasteiger partial charge in [-0.15, -0.1) is 11.3 Å². The first-order valence-electron chi connectivity index (χ1n) is 9.61. The van der Waals surface area contributed by atoms with Crippen molar-refractivity contribution in [3.8, 4) is 0 Å². The van der Waals surface area contributed by atoms with Crippen molar-refractivity contribution >= 4 is 33.3 Å². The predicted octanol–water partition coefficient (Wildman–Crippen LogP) is 2.93. The van der Waals surface area contributed by atoms with Crippen LogP contribution in [-0.4, -0.2) is 40.5 Å². The second-order valence-electron chi connectivity index (χ2n) is 7.24. The van der Waals surface area contributed by atoms with E-state index in [-0.39, 0.29) is 11.9 Å². The molecule has 0 unspecified atom stereocenters. The number of aryl methyl sites for hydroxylation is 2. The van der Waals surface area contributed by atoms with E-state index in [2.05, 4.69) is 9.88 Å². The van der Waals surface area contributed by atoms with Crippen LogP contribution < -0.4 is 5.73 Å². The van der Waals surface area contributed by atoms with Gasteiger partial charge in [0.15, 0.2) is 0 Å². The van der Waals surface area contributed by atoms with Crippen molar-refractivity contribution in [3.05, 3.63) is 16.3 Å². The zero-order valence-electron chi connectivity index (χ0n) is 15.3. The van der Waals surface area contributed by atoms with E-state index in [1.807, 2.05) is 6.92 Å². The Kier molecular flexibility index (Phi) is 5.09. The fourth-order valence-electron chi connectivity index (χ4n) is 4.15. The number of aromatic nitrogens is 2. The van der Waals surface area contributed by atoms with Crippen molar-refractivity contribution in [1.29, 1.82) is 0 Å². The van der Waals surface area contributed by atoms with E-state index in [1.165, 1.54) is 23.3 Å². The first kappa shape index (κ1) is 17.7. The van der Waals surface area contributed by atoms with E-state index < -0.39 is 0 Å². The third kappa shape index (κ3) is 3.42. The van der Waals surface area contributed by atoms with Gasteiger partial charge in [-0.1, -0.05) is 0 Å². The lowest BCUT2D eigenvalue weighted by Gasteiger charge is -2.30. The highest BCUT2D eigenvalue weighted by Crippen LogP contribution is 2.37. The second kappa shape index (κ2) is 7.48. The average Bonchev–Trinajstić information content (AvgIpc) is 3.01. The maximum atomic E-state index is 12.0. The zero-order valence-corrected chi connectivity index (χ0v) is 16.1. The summed E-state index contributed by atoms with van der Waals surface area (Å²) in [7, 11) is 0. The van der Waals surface area contributed by atoms with E-state index in [0.29, 0.717) is 25.5 Å². The minimum absolute atomic E-state index is 0.0428. The summed E-state index contributed by atoms with van der Waals surface area (Å²) >= 11 is 1.78. The molecule has 0 saturated carbocycles. The molecule has 1 fully saturated rings. The molecule has 0 radical (unpaired) electrons. The standard InChI is InChI=1S/C19H26N4O2S/c1-2-25-19(24)12-6-5-9-23(10-12)11-15-21-17(20)16-13-7-3-4-8-14(13)26-18(16)22-15/h12H,2-11H2,1H3,(H2,20,21,22)/t12-/m0/s1. The monoisotopic (exact) mass is 374 g/mol. The van der Waals surface area contributed by atoms with Crippen molar-refractivity contribution in [1.82, 2.24) is 14.9 Å². The number of nitrogens with zero attached hydrogens (tertiary/aromatic N) is 3. The van der Waals surface area contributed by atoms with Gasteiger partial charge < -0.3 is 10.5 Å². The smallest absolute Gasteiger partial charge is 0.310 e. The predicted molar refractivity (Wildman–Crippen MR) is 103 cm³/mol. The van der Waals surface area contributed by atoms with Gasteiger partial charge in [0.1, 0.15) is 16.5 Å². The SMILES string of the molecule is CCOC(=O)[C@H]1CCCN(Cc2nc(N)c3c4c(sc3n2)CCCC4)C1. The Morgan fingerprint density at radius 3 is 3.00 bits per heavy atom. The molecule has 1 aliphatic carbocycles. The molecule has 1 aliphatic heterocycles. The topological polar surface area (TPSA) is 81.3 Å². The van der Waals surface area contributed by atoms with Crippen LogP contribution in [0, 0.1) is 5.92 Å². The van der Waals surface area contributed by atoms with Gasteiger partial charge in [0.2, 0.25) is 0 Å². The number of carbonyl (C=O) groups excluding carboxylic acids is 1. The summed E-state index contributed by atoms with van der Waals surface area (Å²) < 4.78 is 5.19. The number of fused-ring (bicyclic) bond motifs is 3. The molecule has 0 aromatic carbocycles. The van der Waals surface area contributed by atoms with Crippen LogP contribution in [0.25, 0.3) is 10.2 Å². The number of nitrogens with two attached hydrogens (primary N) is 1. The largest absolute Gasteiger partial charge is 0.466 e. The third-order valence-electron chi connectivity index (χ3n) is 5.38. The van der Waals surface area contributed by atoms with Gasteiger partial charge >= 0.3 is 5.97 Å². The van der Waals surface area contributed by atoms with Crippen LogP contribution in [0.5, 0.6) is 0 Å². The minimum Gasteiger partial charge on any atom is -0.466 e. The number of piperidine rings is 1. The Morgan fingerprint density at radius 1 is 1.31 bits per heavy atom. The summed E-state index contributed by atoms with van der Waals surface area (Å²) in [4.78, 5) is 26.2. The molecule has 6 nitrogen and oxygen atoms in total. The van der Waals surface area contributed by atoms with E-state index in [1.54, 1.807) is 11.3 Å². The van der Waals surface area contributed by atoms with Gasteiger partial charge in [0.05, 0.1) is 24.5 Å². The molecular formula is C19H26N4O2S. The van der Waals surface area contributed by atoms with Gasteiger partial charge in [0, 0.05) is 11.4 Å². The van der Waals surface area contributed by atoms with Crippen molar-refractivity contribution < 1.29 is 9.53 Å². The molecule has 2 aromatic rings. The van der Waals surface area contributed by atoms with E-state index in [0.717, 1.165) is 48.3 Å². The van der Waals surface area contributed by atoms with Crippen LogP contribution in [0.15, 0.2) is 0 Å². The van der Waals surface area contributed by atoms with Crippen molar-refractivity contribution in [2.75, 3.05) is 25.4 Å². The molecule has 140 valence electrons. The number of carbonyl (C=O) groups is 1. The normalized spacial score (nSPS) is 20.9. The second-order valence-corrected chi connectivity index (χ2v) is 8.33. The Bertz CT molecular complexity index is 819. The van der Waals surface area contributed by atoms with E-state index in [4.69, 9.17) is 15.5 Å². The number of ether oxygens (including phenoxy) is 1. The highest BCUT2D eigenvalue weighted by atomic mass is 32.1. The van der Waals surface area contributed by atoms with Crippen molar-refractivity contribution in [3.63, 3.8) is 0 Å². The third-order valence-corrected chi connectivity index (χ3v) is 6.57. The first-order valence-corrected chi connectivity index (χ1v) is 10.4. The highest BCUT2D eigenvalue weighted by molar-refractivity contribution is 7.19. The average molecular weight is 375 g/mol. The van der Waals surface area contributed by atoms with Crippen molar-refractivity contribution in [2.45, 2.75) is 52.0 Å². The number of rotatable bonds is 4. The molecule has 2 aromatic heterocycles. The summed E-state index contributed by atoms with van der Waals surface area (Å²) in [5.74, 6) is 1.25. The summed E-state index contributed by atoms with van der Waals surface area (Å²) in [6.07, 6.45) is 6.60. The fourth-order valence-corrected chi connectivity index (χ4v) is 5.44. The Hall–Kier alpha value is -1.73. The molecule has 1 atom stereocenters. The van der Waals surface area contributed by atoms with Crippen LogP contribution in [-0.2, 0) is 28.9 Å². The number of thiophene rings is 1. The Balaban J connectivity index is 1.53. The number of hydrogen-bond donors (Lipinski definition) is 1. The Morgan fingerprint density at radius 2 is 2.15 bits per heavy atom. The quantitative estimate of drug-likeness (QED) is 0.829. The highest BCUT2D eigenvalue weighted by Gasteiger charge is 2.28. The number of hydrogen-bond acceptors (Lipinski definition) is 7. The van der Waals surface area contributed by atoms with Crippen LogP contribution >= 0.6 is 11.3 Å². The van der Waals surface area contributed by atoms with Crippen LogP contribution in [0.3, 0.4) is 0 Å². The lowest BCUT2D eigenvalue weighted by atomic mass is 9.97. The summed E-state index contributed by atoms with van der Waals surface area (Å²) in [6.45, 7) is 4.59. The molecule has 4 rings (SSSR count). The van der Waals surface area contributed by atoms with Crippen molar-refractivity contribution in [2.24, 2.45) is 5.92 Å². The molecule has 2 N–H and O–H groups in total. The Labute approximate surface area is 157 Å². The molecular weight excluding hydrogens is 348 g/mol. The van der Waals surface area contributed by atoms with Gasteiger partial charge in [0.25, 0.3) is 0 Å². The number of esters is 1. The molecule has 2 aliphatic rings. The first-order chi connectivity index (χ1) is 12.7. The van der Waals surface area contributed by atoms with Gasteiger partial charge in [-0.2, -0.15) is 0 Å². The summed E-state index contributed by atoms with van der Waals surface area (Å²) in [5, 5.41) is 1.08. The molecule has 7 heteroatoms. The van der Waals surface area contributed by atoms with E-state index >= 15 is 0 Å². The van der Waals surface area contributed by atoms with Crippen LogP contribution in [0.2, 0.25) is 0 Å². The number of nitrogen functional groups attached to an aromatic ring is 1. The zero-order chi connectivity index (χ0) is 18.1. The molecule has 1 saturated heterocycles. The van der Waals surface area contributed by atoms with Gasteiger partial charge in [-0.25, -0.2) is 9.97 Å².